The van der Waals surface area contributed by atoms with E-state index >= 15 is 0 Å². The van der Waals surface area contributed by atoms with Crippen LogP contribution >= 0.6 is 0 Å². The van der Waals surface area contributed by atoms with Gasteiger partial charge >= 0.3 is 0 Å². The Kier molecular flexibility index (Phi) is 54.9. The molecule has 0 spiro atoms. The monoisotopic (exact) mass is 952 g/mol. The highest BCUT2D eigenvalue weighted by atomic mass is 16.8. The van der Waals surface area contributed by atoms with Gasteiger partial charge in [0.15, 0.2) is 0 Å². The van der Waals surface area contributed by atoms with Crippen LogP contribution in [0.4, 0.5) is 0 Å². The average Bonchev–Trinajstić information content (AvgIpc) is 3.34. The van der Waals surface area contributed by atoms with Gasteiger partial charge in [-0.2, -0.15) is 0 Å². The van der Waals surface area contributed by atoms with Gasteiger partial charge in [0.05, 0.1) is 26.4 Å². The molecule has 0 aromatic carbocycles. The smallest absolute Gasteiger partial charge is 0.287 e. The van der Waals surface area contributed by atoms with Crippen LogP contribution in [-0.4, -0.2) is 56.4 Å². The molecule has 0 atom stereocenters. The molecule has 0 unspecified atom stereocenters. The molecule has 6 heteroatoms. The van der Waals surface area contributed by atoms with Crippen LogP contribution in [0, 0.1) is 0 Å². The van der Waals surface area contributed by atoms with Gasteiger partial charge in [0, 0.05) is 6.54 Å². The van der Waals surface area contributed by atoms with E-state index in [0.29, 0.717) is 26.4 Å². The fraction of sp³-hybridized carbons (Fsp3) is 1.00. The van der Waals surface area contributed by atoms with Crippen LogP contribution in [0.3, 0.4) is 0 Å². The van der Waals surface area contributed by atoms with Crippen molar-refractivity contribution in [2.24, 2.45) is 0 Å². The first-order chi connectivity index (χ1) is 33.1. The largest absolute Gasteiger partial charge is 0.390 e. The number of nitrogens with one attached hydrogen (secondary N) is 1. The molecule has 0 saturated heterocycles. The SMILES string of the molecule is CCCCCCCCCCCCOC(CO)(OCCCCCCCCCCCC)C(NCCCCCCCCCC)(OCCCCCCCCCCCC)OCCCCCCCCCCCC. The van der Waals surface area contributed by atoms with Crippen molar-refractivity contribution in [3.63, 3.8) is 0 Å². The van der Waals surface area contributed by atoms with Crippen molar-refractivity contribution >= 4 is 0 Å². The van der Waals surface area contributed by atoms with Gasteiger partial charge in [0.2, 0.25) is 0 Å². The predicted molar refractivity (Wildman–Crippen MR) is 294 cm³/mol. The number of aliphatic hydroxyl groups excluding tert-OH is 1. The van der Waals surface area contributed by atoms with Crippen LogP contribution in [-0.2, 0) is 18.9 Å². The molecular weight excluding hydrogens is 827 g/mol. The maximum atomic E-state index is 11.7. The summed E-state index contributed by atoms with van der Waals surface area (Å²) in [5.74, 6) is -2.82. The molecule has 0 aliphatic rings. The first kappa shape index (κ1) is 66.8. The second-order valence-electron chi connectivity index (χ2n) is 21.1. The lowest BCUT2D eigenvalue weighted by Crippen LogP contribution is -2.70. The maximum Gasteiger partial charge on any atom is 0.287 e. The van der Waals surface area contributed by atoms with E-state index in [2.05, 4.69) is 39.9 Å². The zero-order valence-corrected chi connectivity index (χ0v) is 46.8. The van der Waals surface area contributed by atoms with Gasteiger partial charge in [0.1, 0.15) is 6.61 Å². The van der Waals surface area contributed by atoms with Gasteiger partial charge in [0.25, 0.3) is 11.7 Å². The molecule has 0 aliphatic heterocycles. The van der Waals surface area contributed by atoms with Crippen molar-refractivity contribution < 1.29 is 24.1 Å². The molecule has 0 aliphatic carbocycles. The fourth-order valence-electron chi connectivity index (χ4n) is 9.70. The van der Waals surface area contributed by atoms with Gasteiger partial charge < -0.3 is 24.1 Å². The van der Waals surface area contributed by atoms with E-state index in [4.69, 9.17) is 18.9 Å². The van der Waals surface area contributed by atoms with Crippen LogP contribution in [0.15, 0.2) is 0 Å². The maximum absolute atomic E-state index is 11.7. The Morgan fingerprint density at radius 3 is 0.672 bits per heavy atom. The van der Waals surface area contributed by atoms with E-state index in [0.717, 1.165) is 64.3 Å². The first-order valence-corrected chi connectivity index (χ1v) is 31.0. The third-order valence-electron chi connectivity index (χ3n) is 14.4. The van der Waals surface area contributed by atoms with Crippen LogP contribution in [0.1, 0.15) is 343 Å². The van der Waals surface area contributed by atoms with Gasteiger partial charge in [-0.15, -0.1) is 0 Å². The van der Waals surface area contributed by atoms with Crippen LogP contribution in [0.25, 0.3) is 0 Å². The average molecular weight is 953 g/mol. The number of ether oxygens (including phenoxy) is 4. The molecule has 0 radical (unpaired) electrons. The van der Waals surface area contributed by atoms with Crippen molar-refractivity contribution in [1.29, 1.82) is 0 Å². The summed E-state index contributed by atoms with van der Waals surface area (Å²) in [5.41, 5.74) is 0. The summed E-state index contributed by atoms with van der Waals surface area (Å²) in [7, 11) is 0. The van der Waals surface area contributed by atoms with E-state index < -0.39 is 11.7 Å². The summed E-state index contributed by atoms with van der Waals surface area (Å²) in [6.45, 7) is 14.1. The van der Waals surface area contributed by atoms with E-state index in [1.807, 2.05) is 0 Å². The lowest BCUT2D eigenvalue weighted by molar-refractivity contribution is -0.429. The van der Waals surface area contributed by atoms with Crippen LogP contribution in [0.2, 0.25) is 0 Å². The Hall–Kier alpha value is -0.240. The Bertz CT molecular complexity index is 850. The van der Waals surface area contributed by atoms with E-state index in [9.17, 15) is 5.11 Å². The van der Waals surface area contributed by atoms with Crippen molar-refractivity contribution in [2.75, 3.05) is 39.6 Å². The Balaban J connectivity index is 6.11. The molecular formula is C61H125NO5. The Morgan fingerprint density at radius 1 is 0.254 bits per heavy atom. The number of hydrogen-bond acceptors (Lipinski definition) is 6. The Labute approximate surface area is 421 Å². The molecule has 67 heavy (non-hydrogen) atoms. The third kappa shape index (κ3) is 42.0. The second kappa shape index (κ2) is 55.1. The number of hydrogen-bond donors (Lipinski definition) is 2. The van der Waals surface area contributed by atoms with Crippen LogP contribution in [0.5, 0.6) is 0 Å². The summed E-state index contributed by atoms with van der Waals surface area (Å²) in [6, 6.07) is 0. The van der Waals surface area contributed by atoms with Crippen molar-refractivity contribution in [1.82, 2.24) is 5.32 Å². The normalized spacial score (nSPS) is 12.3. The number of aliphatic hydroxyl groups is 1. The lowest BCUT2D eigenvalue weighted by Gasteiger charge is -2.48. The summed E-state index contributed by atoms with van der Waals surface area (Å²) in [5, 5.41) is 15.5. The van der Waals surface area contributed by atoms with E-state index in [1.54, 1.807) is 0 Å². The standard InChI is InChI=1S/C61H125NO5/c1-6-11-16-21-26-31-35-40-45-50-55-64-60(59-63,65-56-51-46-41-36-32-27-22-17-12-7-2)61(62-54-49-44-39-30-25-20-15-10-5,66-57-52-47-42-37-33-28-23-18-13-8-3)67-58-53-48-43-38-34-29-24-19-14-9-4/h62-63H,6-59H2,1-5H3. The molecule has 0 rings (SSSR count). The minimum atomic E-state index is -1.44. The van der Waals surface area contributed by atoms with E-state index in [1.165, 1.54) is 250 Å². The number of unbranched alkanes of at least 4 members (excludes halogenated alkanes) is 43. The van der Waals surface area contributed by atoms with Gasteiger partial charge in [-0.3, -0.25) is 5.32 Å². The quantitative estimate of drug-likeness (QED) is 0.0468. The molecule has 404 valence electrons. The molecule has 0 saturated carbocycles. The summed E-state index contributed by atoms with van der Waals surface area (Å²) < 4.78 is 28.1. The van der Waals surface area contributed by atoms with Gasteiger partial charge in [-0.1, -0.05) is 311 Å². The molecule has 0 aromatic rings. The van der Waals surface area contributed by atoms with Crippen molar-refractivity contribution in [2.45, 2.75) is 355 Å². The molecule has 0 heterocycles. The molecule has 2 N–H and O–H groups in total. The molecule has 0 bridgehead atoms. The molecule has 0 aromatic heterocycles. The van der Waals surface area contributed by atoms with Gasteiger partial charge in [-0.25, -0.2) is 0 Å². The summed E-state index contributed by atoms with van der Waals surface area (Å²) in [6.07, 6.45) is 61.1. The predicted octanol–water partition coefficient (Wildman–Crippen LogP) is 19.8. The molecule has 0 fully saturated rings. The Morgan fingerprint density at radius 2 is 0.448 bits per heavy atom. The zero-order valence-electron chi connectivity index (χ0n) is 46.8. The fourth-order valence-corrected chi connectivity index (χ4v) is 9.70. The molecule has 0 amide bonds. The van der Waals surface area contributed by atoms with Crippen molar-refractivity contribution in [3.8, 4) is 0 Å². The minimum Gasteiger partial charge on any atom is -0.390 e. The van der Waals surface area contributed by atoms with Crippen LogP contribution < -0.4 is 5.32 Å². The van der Waals surface area contributed by atoms with Gasteiger partial charge in [-0.05, 0) is 32.1 Å². The topological polar surface area (TPSA) is 69.2 Å². The summed E-state index contributed by atoms with van der Waals surface area (Å²) in [4.78, 5) is 0. The first-order valence-electron chi connectivity index (χ1n) is 31.0. The molecule has 6 nitrogen and oxygen atoms in total. The second-order valence-corrected chi connectivity index (χ2v) is 21.1. The highest BCUT2D eigenvalue weighted by Crippen LogP contribution is 2.34. The van der Waals surface area contributed by atoms with Crippen molar-refractivity contribution in [3.05, 3.63) is 0 Å². The lowest BCUT2D eigenvalue weighted by atomic mass is 10.1. The minimum absolute atomic E-state index is 0.303. The summed E-state index contributed by atoms with van der Waals surface area (Å²) >= 11 is 0. The third-order valence-corrected chi connectivity index (χ3v) is 14.4. The zero-order chi connectivity index (χ0) is 48.7. The number of rotatable bonds is 60. The highest BCUT2D eigenvalue weighted by Gasteiger charge is 2.57. The highest BCUT2D eigenvalue weighted by molar-refractivity contribution is 4.89. The van der Waals surface area contributed by atoms with E-state index in [-0.39, 0.29) is 6.61 Å².